The normalized spacial score (nSPS) is 12.6. The molecule has 174 valence electrons. The fourth-order valence-corrected chi connectivity index (χ4v) is 3.32. The molecule has 0 aromatic heterocycles. The highest BCUT2D eigenvalue weighted by Crippen LogP contribution is 2.19. The van der Waals surface area contributed by atoms with Crippen molar-refractivity contribution in [2.45, 2.75) is 66.1 Å². The van der Waals surface area contributed by atoms with Crippen molar-refractivity contribution in [1.29, 1.82) is 0 Å². The largest absolute Gasteiger partial charge is 0.497 e. The Kier molecular flexibility index (Phi) is 9.57. The molecule has 0 radical (unpaired) electrons. The Morgan fingerprint density at radius 2 is 1.62 bits per heavy atom. The molecular formula is C26H36N2O4. The van der Waals surface area contributed by atoms with Gasteiger partial charge in [-0.15, -0.1) is 0 Å². The topological polar surface area (TPSA) is 67.9 Å². The van der Waals surface area contributed by atoms with Gasteiger partial charge in [0.15, 0.2) is 6.61 Å². The average molecular weight is 441 g/mol. The molecule has 0 saturated carbocycles. The van der Waals surface area contributed by atoms with Crippen LogP contribution in [0, 0.1) is 13.8 Å². The highest BCUT2D eigenvalue weighted by atomic mass is 16.5. The summed E-state index contributed by atoms with van der Waals surface area (Å²) in [4.78, 5) is 27.8. The molecular weight excluding hydrogens is 404 g/mol. The van der Waals surface area contributed by atoms with E-state index in [4.69, 9.17) is 9.47 Å². The number of carbonyl (C=O) groups excluding carboxylic acids is 2. The smallest absolute Gasteiger partial charge is 0.261 e. The van der Waals surface area contributed by atoms with Crippen LogP contribution in [0.3, 0.4) is 0 Å². The van der Waals surface area contributed by atoms with E-state index in [1.165, 1.54) is 0 Å². The van der Waals surface area contributed by atoms with E-state index in [1.54, 1.807) is 12.0 Å². The van der Waals surface area contributed by atoms with Crippen molar-refractivity contribution in [3.8, 4) is 11.5 Å². The molecule has 1 N–H and O–H groups in total. The van der Waals surface area contributed by atoms with Crippen molar-refractivity contribution >= 4 is 11.8 Å². The maximum atomic E-state index is 13.3. The lowest BCUT2D eigenvalue weighted by Gasteiger charge is -2.31. The first kappa shape index (κ1) is 25.2. The summed E-state index contributed by atoms with van der Waals surface area (Å²) in [6, 6.07) is 12.7. The van der Waals surface area contributed by atoms with Crippen LogP contribution in [0.15, 0.2) is 42.5 Å². The molecule has 2 amide bonds. The average Bonchev–Trinajstić information content (AvgIpc) is 2.79. The lowest BCUT2D eigenvalue weighted by molar-refractivity contribution is -0.143. The van der Waals surface area contributed by atoms with Crippen molar-refractivity contribution in [3.05, 3.63) is 59.2 Å². The summed E-state index contributed by atoms with van der Waals surface area (Å²) in [6.07, 6.45) is 1.33. The first-order valence-corrected chi connectivity index (χ1v) is 11.2. The number of carbonyl (C=O) groups is 2. The summed E-state index contributed by atoms with van der Waals surface area (Å²) in [5.41, 5.74) is 3.18. The SMILES string of the molecule is CC[C@H](C(=O)N[C@@H](C)CC)N(Cc1ccc(OC)cc1)C(=O)COc1ccc(C)c(C)c1. The molecule has 6 nitrogen and oxygen atoms in total. The standard InChI is InChI=1S/C26H36N2O4/c1-7-20(5)27-26(30)24(8-2)28(16-21-10-13-22(31-6)14-11-21)25(29)17-32-23-12-9-18(3)19(4)15-23/h9-15,20,24H,7-8,16-17H2,1-6H3,(H,27,30)/t20-,24+/m0/s1. The number of hydrogen-bond acceptors (Lipinski definition) is 4. The third-order valence-electron chi connectivity index (χ3n) is 5.74. The van der Waals surface area contributed by atoms with Gasteiger partial charge in [-0.05, 0) is 74.6 Å². The fourth-order valence-electron chi connectivity index (χ4n) is 3.32. The maximum Gasteiger partial charge on any atom is 0.261 e. The van der Waals surface area contributed by atoms with E-state index in [9.17, 15) is 9.59 Å². The summed E-state index contributed by atoms with van der Waals surface area (Å²) in [5, 5.41) is 3.01. The number of methoxy groups -OCH3 is 1. The summed E-state index contributed by atoms with van der Waals surface area (Å²) in [6.45, 7) is 10.1. The Morgan fingerprint density at radius 3 is 2.19 bits per heavy atom. The minimum Gasteiger partial charge on any atom is -0.497 e. The number of rotatable bonds is 11. The molecule has 0 saturated heterocycles. The third kappa shape index (κ3) is 7.01. The number of nitrogens with one attached hydrogen (secondary N) is 1. The molecule has 0 unspecified atom stereocenters. The Labute approximate surface area is 191 Å². The Hall–Kier alpha value is -3.02. The Balaban J connectivity index is 2.22. The van der Waals surface area contributed by atoms with Crippen LogP contribution in [0.1, 0.15) is 50.3 Å². The molecule has 0 heterocycles. The van der Waals surface area contributed by atoms with Crippen molar-refractivity contribution in [2.75, 3.05) is 13.7 Å². The number of ether oxygens (including phenoxy) is 2. The molecule has 0 bridgehead atoms. The number of hydrogen-bond donors (Lipinski definition) is 1. The van der Waals surface area contributed by atoms with Crippen molar-refractivity contribution in [2.24, 2.45) is 0 Å². The van der Waals surface area contributed by atoms with Gasteiger partial charge in [0.2, 0.25) is 5.91 Å². The molecule has 6 heteroatoms. The number of benzene rings is 2. The first-order chi connectivity index (χ1) is 15.3. The molecule has 2 rings (SSSR count). The van der Waals surface area contributed by atoms with Crippen LogP contribution in [0.4, 0.5) is 0 Å². The van der Waals surface area contributed by atoms with Gasteiger partial charge in [0, 0.05) is 12.6 Å². The zero-order valence-corrected chi connectivity index (χ0v) is 20.1. The van der Waals surface area contributed by atoms with Gasteiger partial charge in [-0.25, -0.2) is 0 Å². The van der Waals surface area contributed by atoms with Gasteiger partial charge in [-0.3, -0.25) is 9.59 Å². The lowest BCUT2D eigenvalue weighted by atomic mass is 10.1. The van der Waals surface area contributed by atoms with Crippen LogP contribution in [-0.4, -0.2) is 42.5 Å². The second kappa shape index (κ2) is 12.1. The van der Waals surface area contributed by atoms with Gasteiger partial charge in [-0.1, -0.05) is 32.0 Å². The summed E-state index contributed by atoms with van der Waals surface area (Å²) < 4.78 is 11.0. The molecule has 0 aliphatic rings. The van der Waals surface area contributed by atoms with Crippen LogP contribution >= 0.6 is 0 Å². The maximum absolute atomic E-state index is 13.3. The van der Waals surface area contributed by atoms with Crippen LogP contribution in [-0.2, 0) is 16.1 Å². The van der Waals surface area contributed by atoms with E-state index in [1.807, 2.05) is 77.1 Å². The van der Waals surface area contributed by atoms with Crippen molar-refractivity contribution in [3.63, 3.8) is 0 Å². The van der Waals surface area contributed by atoms with Crippen LogP contribution in [0.2, 0.25) is 0 Å². The van der Waals surface area contributed by atoms with E-state index in [0.717, 1.165) is 28.9 Å². The quantitative estimate of drug-likeness (QED) is 0.562. The van der Waals surface area contributed by atoms with E-state index >= 15 is 0 Å². The van der Waals surface area contributed by atoms with Crippen molar-refractivity contribution in [1.82, 2.24) is 10.2 Å². The van der Waals surface area contributed by atoms with E-state index in [2.05, 4.69) is 5.32 Å². The minimum atomic E-state index is -0.582. The van der Waals surface area contributed by atoms with Gasteiger partial charge in [0.05, 0.1) is 7.11 Å². The Morgan fingerprint density at radius 1 is 0.969 bits per heavy atom. The molecule has 2 atom stereocenters. The first-order valence-electron chi connectivity index (χ1n) is 11.2. The molecule has 0 fully saturated rings. The van der Waals surface area contributed by atoms with Gasteiger partial charge in [0.25, 0.3) is 5.91 Å². The van der Waals surface area contributed by atoms with Gasteiger partial charge >= 0.3 is 0 Å². The lowest BCUT2D eigenvalue weighted by Crippen LogP contribution is -2.51. The predicted octanol–water partition coefficient (Wildman–Crippen LogP) is 4.41. The summed E-state index contributed by atoms with van der Waals surface area (Å²) >= 11 is 0. The molecule has 2 aromatic rings. The summed E-state index contributed by atoms with van der Waals surface area (Å²) in [5.74, 6) is 1.01. The molecule has 0 spiro atoms. The minimum absolute atomic E-state index is 0.0428. The van der Waals surface area contributed by atoms with Gasteiger partial charge in [0.1, 0.15) is 17.5 Å². The number of amides is 2. The number of aryl methyl sites for hydroxylation is 2. The molecule has 0 aliphatic heterocycles. The highest BCUT2D eigenvalue weighted by molar-refractivity contribution is 5.88. The third-order valence-corrected chi connectivity index (χ3v) is 5.74. The Bertz CT molecular complexity index is 895. The van der Waals surface area contributed by atoms with E-state index in [-0.39, 0.29) is 24.5 Å². The second-order valence-corrected chi connectivity index (χ2v) is 8.15. The number of nitrogens with zero attached hydrogens (tertiary/aromatic N) is 1. The zero-order chi connectivity index (χ0) is 23.7. The van der Waals surface area contributed by atoms with Crippen LogP contribution < -0.4 is 14.8 Å². The van der Waals surface area contributed by atoms with Gasteiger partial charge in [-0.2, -0.15) is 0 Å². The van der Waals surface area contributed by atoms with Crippen LogP contribution in [0.5, 0.6) is 11.5 Å². The second-order valence-electron chi connectivity index (χ2n) is 8.15. The zero-order valence-electron chi connectivity index (χ0n) is 20.1. The monoisotopic (exact) mass is 440 g/mol. The fraction of sp³-hybridized carbons (Fsp3) is 0.462. The van der Waals surface area contributed by atoms with Gasteiger partial charge < -0.3 is 19.7 Å². The van der Waals surface area contributed by atoms with E-state index < -0.39 is 6.04 Å². The summed E-state index contributed by atoms with van der Waals surface area (Å²) in [7, 11) is 1.61. The molecule has 2 aromatic carbocycles. The highest BCUT2D eigenvalue weighted by Gasteiger charge is 2.29. The van der Waals surface area contributed by atoms with E-state index in [0.29, 0.717) is 18.7 Å². The van der Waals surface area contributed by atoms with Crippen LogP contribution in [0.25, 0.3) is 0 Å². The van der Waals surface area contributed by atoms with Crippen molar-refractivity contribution < 1.29 is 19.1 Å². The molecule has 0 aliphatic carbocycles. The molecule has 32 heavy (non-hydrogen) atoms. The predicted molar refractivity (Wildman–Crippen MR) is 127 cm³/mol.